The first kappa shape index (κ1) is 17.9. The maximum Gasteiger partial charge on any atom is 0.224 e. The Balaban J connectivity index is 2.16. The normalized spacial score (nSPS) is 18.2. The number of anilines is 2. The highest BCUT2D eigenvalue weighted by atomic mass is 16.5. The molecule has 0 saturated carbocycles. The second-order valence-electron chi connectivity index (χ2n) is 6.67. The first-order valence-corrected chi connectivity index (χ1v) is 8.14. The lowest BCUT2D eigenvalue weighted by molar-refractivity contribution is 0.0733. The second kappa shape index (κ2) is 7.90. The molecule has 1 saturated heterocycles. The van der Waals surface area contributed by atoms with Crippen molar-refractivity contribution in [1.29, 1.82) is 0 Å². The number of aliphatic hydroxyl groups excluding tert-OH is 1. The predicted octanol–water partition coefficient (Wildman–Crippen LogP) is 0.982. The van der Waals surface area contributed by atoms with Gasteiger partial charge in [-0.15, -0.1) is 0 Å². The Hall–Kier alpha value is -1.44. The van der Waals surface area contributed by atoms with E-state index < -0.39 is 5.60 Å². The van der Waals surface area contributed by atoms with Crippen molar-refractivity contribution in [3.05, 3.63) is 11.8 Å². The van der Waals surface area contributed by atoms with Gasteiger partial charge < -0.3 is 25.2 Å². The van der Waals surface area contributed by atoms with E-state index >= 15 is 0 Å². The van der Waals surface area contributed by atoms with Crippen LogP contribution in [0.5, 0.6) is 0 Å². The topological polar surface area (TPSA) is 90.7 Å². The SMILES string of the molecule is CN(CCC(C)(C)O)c1cc([C@@H]2CCOC2)nc(NCCO)n1. The van der Waals surface area contributed by atoms with Crippen LogP contribution in [0.15, 0.2) is 6.07 Å². The van der Waals surface area contributed by atoms with E-state index in [9.17, 15) is 5.11 Å². The molecule has 0 amide bonds. The van der Waals surface area contributed by atoms with Crippen LogP contribution < -0.4 is 10.2 Å². The molecule has 1 aromatic rings. The van der Waals surface area contributed by atoms with Crippen LogP contribution in [0.3, 0.4) is 0 Å². The Morgan fingerprint density at radius 1 is 1.43 bits per heavy atom. The summed E-state index contributed by atoms with van der Waals surface area (Å²) in [5.41, 5.74) is 0.254. The molecule has 23 heavy (non-hydrogen) atoms. The Morgan fingerprint density at radius 2 is 2.22 bits per heavy atom. The van der Waals surface area contributed by atoms with Gasteiger partial charge in [0.25, 0.3) is 0 Å². The third-order valence-corrected chi connectivity index (χ3v) is 3.93. The summed E-state index contributed by atoms with van der Waals surface area (Å²) >= 11 is 0. The van der Waals surface area contributed by atoms with Gasteiger partial charge in [-0.1, -0.05) is 0 Å². The third-order valence-electron chi connectivity index (χ3n) is 3.93. The van der Waals surface area contributed by atoms with Crippen LogP contribution in [-0.2, 0) is 4.74 Å². The minimum Gasteiger partial charge on any atom is -0.395 e. The molecule has 1 fully saturated rings. The van der Waals surface area contributed by atoms with E-state index in [2.05, 4.69) is 15.3 Å². The molecule has 1 aromatic heterocycles. The molecule has 2 heterocycles. The molecular formula is C16H28N4O3. The van der Waals surface area contributed by atoms with Gasteiger partial charge in [-0.25, -0.2) is 4.98 Å². The Labute approximate surface area is 137 Å². The van der Waals surface area contributed by atoms with Crippen LogP contribution >= 0.6 is 0 Å². The van der Waals surface area contributed by atoms with Gasteiger partial charge in [0.15, 0.2) is 0 Å². The van der Waals surface area contributed by atoms with Gasteiger partial charge in [0.2, 0.25) is 5.95 Å². The highest BCUT2D eigenvalue weighted by Crippen LogP contribution is 2.27. The van der Waals surface area contributed by atoms with Crippen LogP contribution in [0.2, 0.25) is 0 Å². The highest BCUT2D eigenvalue weighted by Gasteiger charge is 2.22. The molecule has 1 aliphatic rings. The van der Waals surface area contributed by atoms with Crippen LogP contribution in [0, 0.1) is 0 Å². The van der Waals surface area contributed by atoms with Crippen molar-refractivity contribution in [3.8, 4) is 0 Å². The first-order valence-electron chi connectivity index (χ1n) is 8.14. The van der Waals surface area contributed by atoms with E-state index in [1.807, 2.05) is 18.0 Å². The molecule has 0 aliphatic carbocycles. The molecule has 130 valence electrons. The Kier molecular flexibility index (Phi) is 6.15. The van der Waals surface area contributed by atoms with Crippen LogP contribution in [0.1, 0.15) is 38.3 Å². The van der Waals surface area contributed by atoms with Gasteiger partial charge in [-0.05, 0) is 26.7 Å². The van der Waals surface area contributed by atoms with Gasteiger partial charge in [0, 0.05) is 38.7 Å². The predicted molar refractivity (Wildman–Crippen MR) is 90.0 cm³/mol. The quantitative estimate of drug-likeness (QED) is 0.656. The van der Waals surface area contributed by atoms with Gasteiger partial charge in [0.1, 0.15) is 5.82 Å². The Bertz CT molecular complexity index is 499. The van der Waals surface area contributed by atoms with E-state index in [0.29, 0.717) is 32.1 Å². The van der Waals surface area contributed by atoms with E-state index in [1.165, 1.54) is 0 Å². The number of hydrogen-bond donors (Lipinski definition) is 3. The molecule has 0 bridgehead atoms. The highest BCUT2D eigenvalue weighted by molar-refractivity contribution is 5.45. The lowest BCUT2D eigenvalue weighted by Gasteiger charge is -2.24. The maximum atomic E-state index is 9.90. The average Bonchev–Trinajstić information content (AvgIpc) is 3.04. The maximum absolute atomic E-state index is 9.90. The minimum absolute atomic E-state index is 0.0317. The zero-order valence-corrected chi connectivity index (χ0v) is 14.2. The smallest absolute Gasteiger partial charge is 0.224 e. The molecule has 3 N–H and O–H groups in total. The second-order valence-corrected chi connectivity index (χ2v) is 6.67. The van der Waals surface area contributed by atoms with Gasteiger partial charge in [-0.3, -0.25) is 0 Å². The summed E-state index contributed by atoms with van der Waals surface area (Å²) in [6.07, 6.45) is 1.61. The molecule has 1 atom stereocenters. The van der Waals surface area contributed by atoms with Gasteiger partial charge in [-0.2, -0.15) is 4.98 Å². The molecule has 1 aliphatic heterocycles. The summed E-state index contributed by atoms with van der Waals surface area (Å²) in [6.45, 7) is 6.19. The average molecular weight is 324 g/mol. The summed E-state index contributed by atoms with van der Waals surface area (Å²) in [6, 6.07) is 1.99. The van der Waals surface area contributed by atoms with Crippen molar-refractivity contribution in [1.82, 2.24) is 9.97 Å². The number of aliphatic hydroxyl groups is 2. The van der Waals surface area contributed by atoms with Gasteiger partial charge in [0.05, 0.1) is 24.5 Å². The van der Waals surface area contributed by atoms with Crippen molar-refractivity contribution in [3.63, 3.8) is 0 Å². The largest absolute Gasteiger partial charge is 0.395 e. The van der Waals surface area contributed by atoms with Gasteiger partial charge >= 0.3 is 0 Å². The van der Waals surface area contributed by atoms with Crippen LogP contribution in [0.4, 0.5) is 11.8 Å². The first-order chi connectivity index (χ1) is 10.9. The number of nitrogens with one attached hydrogen (secondary N) is 1. The fraction of sp³-hybridized carbons (Fsp3) is 0.750. The summed E-state index contributed by atoms with van der Waals surface area (Å²) < 4.78 is 5.46. The lowest BCUT2D eigenvalue weighted by Crippen LogP contribution is -2.29. The lowest BCUT2D eigenvalue weighted by atomic mass is 10.0. The zero-order valence-electron chi connectivity index (χ0n) is 14.2. The third kappa shape index (κ3) is 5.60. The molecule has 0 unspecified atom stereocenters. The molecule has 2 rings (SSSR count). The van der Waals surface area contributed by atoms with E-state index in [4.69, 9.17) is 9.84 Å². The molecule has 7 heteroatoms. The molecule has 0 radical (unpaired) electrons. The summed E-state index contributed by atoms with van der Waals surface area (Å²) in [7, 11) is 1.96. The molecule has 0 spiro atoms. The standard InChI is InChI=1S/C16H28N4O3/c1-16(2,22)5-7-20(3)14-10-13(12-4-9-23-11-12)18-15(19-14)17-6-8-21/h10,12,21-22H,4-9,11H2,1-3H3,(H,17,18,19)/t12-/m1/s1. The number of rotatable bonds is 8. The molecular weight excluding hydrogens is 296 g/mol. The number of ether oxygens (including phenoxy) is 1. The zero-order chi connectivity index (χ0) is 16.9. The monoisotopic (exact) mass is 324 g/mol. The van der Waals surface area contributed by atoms with Crippen molar-refractivity contribution in [2.75, 3.05) is 50.2 Å². The van der Waals surface area contributed by atoms with Crippen molar-refractivity contribution < 1.29 is 14.9 Å². The number of hydrogen-bond acceptors (Lipinski definition) is 7. The van der Waals surface area contributed by atoms with Crippen molar-refractivity contribution in [2.45, 2.75) is 38.2 Å². The summed E-state index contributed by atoms with van der Waals surface area (Å²) in [5, 5.41) is 21.9. The van der Waals surface area contributed by atoms with E-state index in [-0.39, 0.29) is 12.5 Å². The fourth-order valence-electron chi connectivity index (χ4n) is 2.43. The fourth-order valence-corrected chi connectivity index (χ4v) is 2.43. The summed E-state index contributed by atoms with van der Waals surface area (Å²) in [5.74, 6) is 1.62. The minimum atomic E-state index is -0.707. The van der Waals surface area contributed by atoms with Crippen molar-refractivity contribution in [2.24, 2.45) is 0 Å². The Morgan fingerprint density at radius 3 is 2.83 bits per heavy atom. The van der Waals surface area contributed by atoms with Crippen LogP contribution in [0.25, 0.3) is 0 Å². The molecule has 7 nitrogen and oxygen atoms in total. The number of aromatic nitrogens is 2. The van der Waals surface area contributed by atoms with Crippen LogP contribution in [-0.4, -0.2) is 65.7 Å². The number of nitrogens with zero attached hydrogens (tertiary/aromatic N) is 3. The molecule has 0 aromatic carbocycles. The van der Waals surface area contributed by atoms with E-state index in [1.54, 1.807) is 13.8 Å². The van der Waals surface area contributed by atoms with E-state index in [0.717, 1.165) is 24.5 Å². The van der Waals surface area contributed by atoms with Crippen molar-refractivity contribution >= 4 is 11.8 Å². The summed E-state index contributed by atoms with van der Waals surface area (Å²) in [4.78, 5) is 11.1.